The summed E-state index contributed by atoms with van der Waals surface area (Å²) in [5, 5.41) is 34.6. The predicted octanol–water partition coefficient (Wildman–Crippen LogP) is 3.04. The van der Waals surface area contributed by atoms with E-state index in [-0.39, 0.29) is 78.2 Å². The Bertz CT molecular complexity index is 1180. The molecule has 9 rings (SSSR count). The van der Waals surface area contributed by atoms with E-state index in [1.807, 2.05) is 0 Å². The van der Waals surface area contributed by atoms with Crippen LogP contribution < -0.4 is 31.9 Å². The largest absolute Gasteiger partial charge is 2.00 e. The van der Waals surface area contributed by atoms with Crippen molar-refractivity contribution >= 4 is 10.1 Å². The molecule has 45 heavy (non-hydrogen) atoms. The van der Waals surface area contributed by atoms with Gasteiger partial charge in [0.25, 0.3) is 10.1 Å². The van der Waals surface area contributed by atoms with Crippen LogP contribution in [0.15, 0.2) is 0 Å². The van der Waals surface area contributed by atoms with E-state index in [0.29, 0.717) is 48.3 Å². The zero-order chi connectivity index (χ0) is 29.6. The van der Waals surface area contributed by atoms with Gasteiger partial charge in [-0.1, -0.05) is 76.0 Å². The van der Waals surface area contributed by atoms with Crippen LogP contribution in [0.2, 0.25) is 0 Å². The summed E-state index contributed by atoms with van der Waals surface area (Å²) in [6.07, 6.45) is 18.0. The molecule has 7 N–H and O–H groups in total. The van der Waals surface area contributed by atoms with Crippen LogP contribution in [0.5, 0.6) is 0 Å². The summed E-state index contributed by atoms with van der Waals surface area (Å²) >= 11 is 0. The van der Waals surface area contributed by atoms with Crippen molar-refractivity contribution in [3.63, 3.8) is 0 Å². The van der Waals surface area contributed by atoms with Gasteiger partial charge in [0.05, 0.1) is 29.9 Å². The minimum Gasteiger partial charge on any atom is -0.632 e. The molecule has 5 heterocycles. The minimum atomic E-state index is -4.07. The zero-order valence-electron chi connectivity index (χ0n) is 26.3. The van der Waals surface area contributed by atoms with Crippen LogP contribution in [0.1, 0.15) is 96.3 Å². The van der Waals surface area contributed by atoms with Gasteiger partial charge in [-0.15, -0.1) is 0 Å². The molecule has 5 aliphatic heterocycles. The Hall–Kier alpha value is 0.109. The van der Waals surface area contributed by atoms with E-state index >= 15 is 0 Å². The van der Waals surface area contributed by atoms with Crippen LogP contribution in [0, 0.1) is 47.3 Å². The molecule has 5 saturated heterocycles. The van der Waals surface area contributed by atoms with E-state index in [0.717, 1.165) is 6.42 Å². The average Bonchev–Trinajstić information content (AvgIpc) is 3.76. The van der Waals surface area contributed by atoms with Crippen LogP contribution in [-0.4, -0.2) is 67.5 Å². The van der Waals surface area contributed by atoms with Gasteiger partial charge in [-0.25, -0.2) is 0 Å². The second kappa shape index (κ2) is 12.8. The molecular formula is C32H54CuN8O3S. The van der Waals surface area contributed by atoms with Gasteiger partial charge in [0, 0.05) is 0 Å². The zero-order valence-corrected chi connectivity index (χ0v) is 28.0. The molecule has 11 nitrogen and oxygen atoms in total. The number of hydrogen-bond acceptors (Lipinski definition) is 8. The first-order valence-corrected chi connectivity index (χ1v) is 19.8. The summed E-state index contributed by atoms with van der Waals surface area (Å²) < 4.78 is 34.7. The van der Waals surface area contributed by atoms with Crippen LogP contribution in [0.25, 0.3) is 10.6 Å². The van der Waals surface area contributed by atoms with Gasteiger partial charge in [-0.05, 0) is 92.3 Å². The van der Waals surface area contributed by atoms with E-state index in [4.69, 9.17) is 10.6 Å². The molecule has 13 heteroatoms. The molecule has 9 fully saturated rings. The maximum atomic E-state index is 12.3. The molecule has 8 bridgehead atoms. The van der Waals surface area contributed by atoms with Gasteiger partial charge < -0.3 is 31.9 Å². The van der Waals surface area contributed by atoms with Gasteiger partial charge in [-0.3, -0.25) is 15.2 Å². The molecule has 9 aliphatic rings. The molecule has 17 atom stereocenters. The third-order valence-corrected chi connectivity index (χ3v) is 15.3. The third kappa shape index (κ3) is 5.80. The first-order valence-electron chi connectivity index (χ1n) is 18.3. The van der Waals surface area contributed by atoms with Crippen LogP contribution in [-0.2, 0) is 27.2 Å². The van der Waals surface area contributed by atoms with Crippen molar-refractivity contribution in [1.29, 1.82) is 0 Å². The van der Waals surface area contributed by atoms with Gasteiger partial charge in [0.2, 0.25) is 0 Å². The average molecular weight is 694 g/mol. The fourth-order valence-electron chi connectivity index (χ4n) is 12.0. The molecule has 0 aromatic heterocycles. The molecule has 0 spiro atoms. The van der Waals surface area contributed by atoms with Gasteiger partial charge in [0.15, 0.2) is 0 Å². The maximum absolute atomic E-state index is 12.3. The smallest absolute Gasteiger partial charge is 0.632 e. The molecule has 0 aromatic carbocycles. The Morgan fingerprint density at radius 3 is 1.16 bits per heavy atom. The SMILES string of the molecule is O=S(=O)(O)C1CCC2C3[N-]C(NC4NC(NC5[N-]C(NC6NC(N3)C3CCCCC63)C3CCCCC53)C3CCCCC43)C2C1.[Cu+2]. The topological polar surface area (TPSA) is 155 Å². The number of rotatable bonds is 1. The summed E-state index contributed by atoms with van der Waals surface area (Å²) in [6.45, 7) is 0. The van der Waals surface area contributed by atoms with E-state index in [1.165, 1.54) is 77.0 Å². The Morgan fingerprint density at radius 1 is 0.444 bits per heavy atom. The number of nitrogens with zero attached hydrogens (tertiary/aromatic N) is 2. The number of fused-ring (bicyclic) bond motifs is 20. The van der Waals surface area contributed by atoms with E-state index in [2.05, 4.69) is 31.9 Å². The van der Waals surface area contributed by atoms with E-state index in [9.17, 15) is 13.0 Å². The Morgan fingerprint density at radius 2 is 0.778 bits per heavy atom. The molecule has 4 saturated carbocycles. The van der Waals surface area contributed by atoms with Crippen LogP contribution in [0.3, 0.4) is 0 Å². The van der Waals surface area contributed by atoms with Crippen molar-refractivity contribution in [3.05, 3.63) is 10.6 Å². The minimum absolute atomic E-state index is 0. The molecule has 257 valence electrons. The molecule has 0 amide bonds. The van der Waals surface area contributed by atoms with Crippen molar-refractivity contribution in [3.8, 4) is 0 Å². The second-order valence-corrected chi connectivity index (χ2v) is 17.8. The Balaban J connectivity index is 0.00000300. The monoisotopic (exact) mass is 693 g/mol. The third-order valence-electron chi connectivity index (χ3n) is 14.0. The Kier molecular flexibility index (Phi) is 9.17. The molecule has 17 unspecified atom stereocenters. The Labute approximate surface area is 280 Å². The van der Waals surface area contributed by atoms with Crippen LogP contribution in [0.4, 0.5) is 0 Å². The van der Waals surface area contributed by atoms with Crippen molar-refractivity contribution < 1.29 is 30.0 Å². The summed E-state index contributed by atoms with van der Waals surface area (Å²) in [5.74, 6) is 3.79. The van der Waals surface area contributed by atoms with Crippen molar-refractivity contribution in [1.82, 2.24) is 31.9 Å². The fraction of sp³-hybridized carbons (Fsp3) is 1.00. The van der Waals surface area contributed by atoms with Gasteiger partial charge in [-0.2, -0.15) is 8.42 Å². The first kappa shape index (κ1) is 32.3. The maximum Gasteiger partial charge on any atom is 2.00 e. The fourth-order valence-corrected chi connectivity index (χ4v) is 12.9. The number of nitrogens with one attached hydrogen (secondary N) is 6. The van der Waals surface area contributed by atoms with Crippen LogP contribution >= 0.6 is 0 Å². The van der Waals surface area contributed by atoms with E-state index < -0.39 is 15.4 Å². The molecule has 4 aliphatic carbocycles. The predicted molar refractivity (Wildman–Crippen MR) is 168 cm³/mol. The van der Waals surface area contributed by atoms with Crippen molar-refractivity contribution in [2.45, 2.75) is 151 Å². The summed E-state index contributed by atoms with van der Waals surface area (Å²) in [4.78, 5) is 0. The quantitative estimate of drug-likeness (QED) is 0.162. The summed E-state index contributed by atoms with van der Waals surface area (Å²) in [5.41, 5.74) is 0. The summed E-state index contributed by atoms with van der Waals surface area (Å²) in [7, 11) is -4.07. The number of hydrogen-bond donors (Lipinski definition) is 7. The first-order chi connectivity index (χ1) is 21.4. The normalized spacial score (nSPS) is 54.3. The standard InChI is InChI=1S/C32H54N8O3S.Cu/c41-44(42,43)16-13-14-23-24(15-16)32-39-30-22-12-6-5-11-21(22)28(37-30)35-26-18-8-2-1-7-17(18)25(33-26)34-27-19-9-3-4-10-20(19)29(36-27)38-31(23)40-32;/h16-32,34-39H,1-15H2,(H,41,42,43);/q-2;+2. The molecular weight excluding hydrogens is 640 g/mol. The second-order valence-electron chi connectivity index (χ2n) is 16.1. The van der Waals surface area contributed by atoms with Crippen molar-refractivity contribution in [2.24, 2.45) is 47.3 Å². The van der Waals surface area contributed by atoms with Crippen molar-refractivity contribution in [2.75, 3.05) is 0 Å². The molecule has 0 aromatic rings. The van der Waals surface area contributed by atoms with E-state index in [1.54, 1.807) is 0 Å². The van der Waals surface area contributed by atoms with Gasteiger partial charge >= 0.3 is 17.1 Å². The molecule has 1 radical (unpaired) electrons. The summed E-state index contributed by atoms with van der Waals surface area (Å²) in [6, 6.07) is 0. The van der Waals surface area contributed by atoms with Gasteiger partial charge in [0.1, 0.15) is 0 Å².